The highest BCUT2D eigenvalue weighted by molar-refractivity contribution is 5.83. The molecular weight excluding hydrogens is 198 g/mol. The second-order valence-electron chi connectivity index (χ2n) is 6.22. The minimum absolute atomic E-state index is 0.281. The van der Waals surface area contributed by atoms with E-state index in [1.165, 1.54) is 6.42 Å². The van der Waals surface area contributed by atoms with E-state index in [0.29, 0.717) is 17.6 Å². The highest BCUT2D eigenvalue weighted by atomic mass is 16.1. The topological polar surface area (TPSA) is 29.1 Å². The highest BCUT2D eigenvalue weighted by Gasteiger charge is 2.35. The third-order valence-corrected chi connectivity index (χ3v) is 4.55. The first-order valence-corrected chi connectivity index (χ1v) is 6.82. The molecule has 92 valence electrons. The van der Waals surface area contributed by atoms with Gasteiger partial charge in [-0.15, -0.1) is 0 Å². The van der Waals surface area contributed by atoms with Gasteiger partial charge in [0.05, 0.1) is 0 Å². The summed E-state index contributed by atoms with van der Waals surface area (Å²) in [7, 11) is 0. The molecule has 3 atom stereocenters. The average molecular weight is 223 g/mol. The van der Waals surface area contributed by atoms with Crippen LogP contribution < -0.4 is 5.32 Å². The predicted molar refractivity (Wildman–Crippen MR) is 66.2 cm³/mol. The zero-order valence-electron chi connectivity index (χ0n) is 10.8. The van der Waals surface area contributed by atoms with Crippen LogP contribution in [0.15, 0.2) is 0 Å². The molecule has 2 aliphatic rings. The van der Waals surface area contributed by atoms with Crippen LogP contribution in [0.4, 0.5) is 0 Å². The molecule has 2 rings (SSSR count). The molecule has 1 heterocycles. The van der Waals surface area contributed by atoms with E-state index in [1.807, 2.05) is 0 Å². The van der Waals surface area contributed by atoms with Gasteiger partial charge in [-0.1, -0.05) is 20.8 Å². The largest absolute Gasteiger partial charge is 0.316 e. The van der Waals surface area contributed by atoms with Gasteiger partial charge in [-0.2, -0.15) is 0 Å². The van der Waals surface area contributed by atoms with E-state index < -0.39 is 0 Å². The summed E-state index contributed by atoms with van der Waals surface area (Å²) in [5.74, 6) is 3.27. The summed E-state index contributed by atoms with van der Waals surface area (Å²) in [5, 5.41) is 3.27. The summed E-state index contributed by atoms with van der Waals surface area (Å²) in [4.78, 5) is 12.4. The standard InChI is InChI=1S/C14H25NO/c1-9-4-10(2)6-12(5-9)14(16)11(3)13-7-15-8-13/h9-13,15H,4-8H2,1-3H3. The van der Waals surface area contributed by atoms with Crippen LogP contribution in [0.25, 0.3) is 0 Å². The molecule has 1 N–H and O–H groups in total. The third kappa shape index (κ3) is 2.48. The molecule has 1 saturated heterocycles. The second kappa shape index (κ2) is 4.87. The Bertz CT molecular complexity index is 249. The molecule has 0 aromatic rings. The molecule has 1 aliphatic carbocycles. The molecule has 0 aromatic heterocycles. The minimum Gasteiger partial charge on any atom is -0.316 e. The third-order valence-electron chi connectivity index (χ3n) is 4.55. The lowest BCUT2D eigenvalue weighted by atomic mass is 9.71. The van der Waals surface area contributed by atoms with Gasteiger partial charge in [0.1, 0.15) is 5.78 Å². The molecule has 0 bridgehead atoms. The lowest BCUT2D eigenvalue weighted by Gasteiger charge is -2.36. The predicted octanol–water partition coefficient (Wildman–Crippen LogP) is 2.48. The molecule has 1 aliphatic heterocycles. The van der Waals surface area contributed by atoms with E-state index in [2.05, 4.69) is 26.1 Å². The highest BCUT2D eigenvalue weighted by Crippen LogP contribution is 2.35. The maximum atomic E-state index is 12.4. The number of rotatable bonds is 3. The number of ketones is 1. The second-order valence-corrected chi connectivity index (χ2v) is 6.22. The van der Waals surface area contributed by atoms with Crippen molar-refractivity contribution in [3.63, 3.8) is 0 Å². The zero-order valence-corrected chi connectivity index (χ0v) is 10.8. The Labute approximate surface area is 99.2 Å². The fourth-order valence-corrected chi connectivity index (χ4v) is 3.45. The van der Waals surface area contributed by atoms with Crippen LogP contribution in [0.1, 0.15) is 40.0 Å². The lowest BCUT2D eigenvalue weighted by molar-refractivity contribution is -0.130. The van der Waals surface area contributed by atoms with Gasteiger partial charge < -0.3 is 5.32 Å². The van der Waals surface area contributed by atoms with Gasteiger partial charge in [-0.25, -0.2) is 0 Å². The fourth-order valence-electron chi connectivity index (χ4n) is 3.45. The maximum Gasteiger partial charge on any atom is 0.139 e. The molecule has 0 aromatic carbocycles. The van der Waals surface area contributed by atoms with Crippen molar-refractivity contribution in [3.8, 4) is 0 Å². The molecule has 16 heavy (non-hydrogen) atoms. The summed E-state index contributed by atoms with van der Waals surface area (Å²) in [6, 6.07) is 0. The number of carbonyl (C=O) groups excluding carboxylic acids is 1. The van der Waals surface area contributed by atoms with Crippen LogP contribution in [0.5, 0.6) is 0 Å². The van der Waals surface area contributed by atoms with Gasteiger partial charge in [0.2, 0.25) is 0 Å². The monoisotopic (exact) mass is 223 g/mol. The van der Waals surface area contributed by atoms with E-state index in [9.17, 15) is 4.79 Å². The maximum absolute atomic E-state index is 12.4. The van der Waals surface area contributed by atoms with Crippen LogP contribution >= 0.6 is 0 Å². The van der Waals surface area contributed by atoms with Gasteiger partial charge in [-0.3, -0.25) is 4.79 Å². The average Bonchev–Trinajstić information content (AvgIpc) is 2.12. The molecule has 2 heteroatoms. The van der Waals surface area contributed by atoms with Crippen LogP contribution in [0.3, 0.4) is 0 Å². The van der Waals surface area contributed by atoms with E-state index in [1.54, 1.807) is 0 Å². The van der Waals surface area contributed by atoms with Crippen molar-refractivity contribution in [2.24, 2.45) is 29.6 Å². The van der Waals surface area contributed by atoms with Crippen LogP contribution in [-0.2, 0) is 4.79 Å². The molecule has 0 amide bonds. The first-order chi connectivity index (χ1) is 7.58. The SMILES string of the molecule is CC1CC(C)CC(C(=O)C(C)C2CNC2)C1. The molecule has 2 fully saturated rings. The summed E-state index contributed by atoms with van der Waals surface area (Å²) < 4.78 is 0. The molecular formula is C14H25NO. The van der Waals surface area contributed by atoms with E-state index in [0.717, 1.165) is 37.8 Å². The number of nitrogens with one attached hydrogen (secondary N) is 1. The zero-order chi connectivity index (χ0) is 11.7. The number of Topliss-reactive ketones (excluding diaryl/α,β-unsaturated/α-hetero) is 1. The quantitative estimate of drug-likeness (QED) is 0.796. The molecule has 0 radical (unpaired) electrons. The van der Waals surface area contributed by atoms with E-state index >= 15 is 0 Å². The van der Waals surface area contributed by atoms with Gasteiger partial charge >= 0.3 is 0 Å². The Morgan fingerprint density at radius 1 is 1.12 bits per heavy atom. The van der Waals surface area contributed by atoms with Crippen molar-refractivity contribution in [2.45, 2.75) is 40.0 Å². The minimum atomic E-state index is 0.281. The van der Waals surface area contributed by atoms with E-state index in [4.69, 9.17) is 0 Å². The van der Waals surface area contributed by atoms with Crippen molar-refractivity contribution in [2.75, 3.05) is 13.1 Å². The number of hydrogen-bond acceptors (Lipinski definition) is 2. The first-order valence-electron chi connectivity index (χ1n) is 6.82. The normalized spacial score (nSPS) is 37.8. The lowest BCUT2D eigenvalue weighted by Crippen LogP contribution is -2.48. The Morgan fingerprint density at radius 2 is 1.69 bits per heavy atom. The summed E-state index contributed by atoms with van der Waals surface area (Å²) in [6.07, 6.45) is 3.57. The summed E-state index contributed by atoms with van der Waals surface area (Å²) in [5.41, 5.74) is 0. The molecule has 2 nitrogen and oxygen atoms in total. The van der Waals surface area contributed by atoms with E-state index in [-0.39, 0.29) is 5.92 Å². The van der Waals surface area contributed by atoms with Crippen molar-refractivity contribution < 1.29 is 4.79 Å². The van der Waals surface area contributed by atoms with Crippen molar-refractivity contribution >= 4 is 5.78 Å². The summed E-state index contributed by atoms with van der Waals surface area (Å²) >= 11 is 0. The van der Waals surface area contributed by atoms with Crippen molar-refractivity contribution in [1.82, 2.24) is 5.32 Å². The summed E-state index contributed by atoms with van der Waals surface area (Å²) in [6.45, 7) is 8.82. The van der Waals surface area contributed by atoms with Gasteiger partial charge in [0.25, 0.3) is 0 Å². The Balaban J connectivity index is 1.92. The molecule has 3 unspecified atom stereocenters. The van der Waals surface area contributed by atoms with Gasteiger partial charge in [0.15, 0.2) is 0 Å². The van der Waals surface area contributed by atoms with Crippen LogP contribution in [0, 0.1) is 29.6 Å². The number of hydrogen-bond donors (Lipinski definition) is 1. The molecule has 1 saturated carbocycles. The van der Waals surface area contributed by atoms with Crippen molar-refractivity contribution in [3.05, 3.63) is 0 Å². The Hall–Kier alpha value is -0.370. The fraction of sp³-hybridized carbons (Fsp3) is 0.929. The smallest absolute Gasteiger partial charge is 0.139 e. The molecule has 0 spiro atoms. The van der Waals surface area contributed by atoms with Crippen molar-refractivity contribution in [1.29, 1.82) is 0 Å². The Kier molecular flexibility index (Phi) is 3.68. The van der Waals surface area contributed by atoms with Gasteiger partial charge in [-0.05, 0) is 50.1 Å². The number of carbonyl (C=O) groups is 1. The Morgan fingerprint density at radius 3 is 2.12 bits per heavy atom. The van der Waals surface area contributed by atoms with Crippen LogP contribution in [-0.4, -0.2) is 18.9 Å². The van der Waals surface area contributed by atoms with Gasteiger partial charge in [0, 0.05) is 11.8 Å². The van der Waals surface area contributed by atoms with Crippen LogP contribution in [0.2, 0.25) is 0 Å². The first kappa shape index (κ1) is 12.1.